The van der Waals surface area contributed by atoms with Crippen LogP contribution >= 0.6 is 0 Å². The number of carbonyl (C=O) groups excluding carboxylic acids is 1. The summed E-state index contributed by atoms with van der Waals surface area (Å²) < 4.78 is 13.3. The minimum atomic E-state index is -0.541. The summed E-state index contributed by atoms with van der Waals surface area (Å²) in [7, 11) is 0. The number of halogens is 1. The zero-order chi connectivity index (χ0) is 14.7. The molecule has 0 bridgehead atoms. The summed E-state index contributed by atoms with van der Waals surface area (Å²) in [5.74, 6) is 0.436. The summed E-state index contributed by atoms with van der Waals surface area (Å²) in [6, 6.07) is 11.3. The molecular weight excluding hydrogens is 269 g/mol. The summed E-state index contributed by atoms with van der Waals surface area (Å²) in [6.45, 7) is 0.595. The first kappa shape index (κ1) is 13.5. The van der Waals surface area contributed by atoms with Crippen molar-refractivity contribution in [2.24, 2.45) is 5.92 Å². The van der Waals surface area contributed by atoms with Crippen molar-refractivity contribution in [2.75, 3.05) is 11.9 Å². The Morgan fingerprint density at radius 1 is 1.29 bits per heavy atom. The van der Waals surface area contributed by atoms with Crippen molar-refractivity contribution in [1.82, 2.24) is 10.3 Å². The van der Waals surface area contributed by atoms with Gasteiger partial charge in [0.2, 0.25) is 0 Å². The monoisotopic (exact) mass is 285 g/mol. The highest BCUT2D eigenvalue weighted by Crippen LogP contribution is 2.46. The normalized spacial score (nSPS) is 19.9. The predicted molar refractivity (Wildman–Crippen MR) is 78.5 cm³/mol. The topological polar surface area (TPSA) is 54.0 Å². The quantitative estimate of drug-likeness (QED) is 0.906. The third kappa shape index (κ3) is 3.37. The van der Waals surface area contributed by atoms with Crippen molar-refractivity contribution in [3.05, 3.63) is 60.2 Å². The maximum atomic E-state index is 13.3. The molecule has 108 valence electrons. The van der Waals surface area contributed by atoms with Crippen molar-refractivity contribution >= 4 is 11.7 Å². The molecule has 0 radical (unpaired) electrons. The van der Waals surface area contributed by atoms with Gasteiger partial charge in [0.15, 0.2) is 5.82 Å². The van der Waals surface area contributed by atoms with Gasteiger partial charge in [0.25, 0.3) is 0 Å². The van der Waals surface area contributed by atoms with E-state index in [-0.39, 0.29) is 11.7 Å². The van der Waals surface area contributed by atoms with Gasteiger partial charge >= 0.3 is 6.03 Å². The van der Waals surface area contributed by atoms with Crippen molar-refractivity contribution in [3.63, 3.8) is 0 Å². The molecule has 1 aromatic heterocycles. The summed E-state index contributed by atoms with van der Waals surface area (Å²) in [5.41, 5.74) is 1.45. The van der Waals surface area contributed by atoms with Gasteiger partial charge in [-0.3, -0.25) is 4.98 Å². The van der Waals surface area contributed by atoms with Crippen LogP contribution in [0.5, 0.6) is 0 Å². The number of nitrogens with zero attached hydrogens (tertiary/aromatic N) is 1. The van der Waals surface area contributed by atoms with E-state index < -0.39 is 5.82 Å². The number of benzene rings is 1. The second kappa shape index (κ2) is 5.91. The zero-order valence-electron chi connectivity index (χ0n) is 11.4. The fraction of sp³-hybridized carbons (Fsp3) is 0.250. The van der Waals surface area contributed by atoms with E-state index in [2.05, 4.69) is 27.8 Å². The second-order valence-electron chi connectivity index (χ2n) is 5.20. The summed E-state index contributed by atoms with van der Waals surface area (Å²) in [5, 5.41) is 5.27. The molecule has 1 heterocycles. The van der Waals surface area contributed by atoms with Crippen LogP contribution < -0.4 is 10.6 Å². The first-order valence-corrected chi connectivity index (χ1v) is 6.93. The molecule has 1 aromatic carbocycles. The summed E-state index contributed by atoms with van der Waals surface area (Å²) in [6.07, 6.45) is 3.58. The molecule has 0 aliphatic heterocycles. The largest absolute Gasteiger partial charge is 0.338 e. The molecule has 5 heteroatoms. The number of pyridine rings is 1. The number of rotatable bonds is 4. The molecule has 4 nitrogen and oxygen atoms in total. The highest BCUT2D eigenvalue weighted by atomic mass is 19.1. The van der Waals surface area contributed by atoms with Gasteiger partial charge in [-0.05, 0) is 29.9 Å². The Balaban J connectivity index is 1.47. The van der Waals surface area contributed by atoms with Crippen LogP contribution in [0.2, 0.25) is 0 Å². The lowest BCUT2D eigenvalue weighted by Gasteiger charge is -2.08. The molecule has 2 N–H and O–H groups in total. The Kier molecular flexibility index (Phi) is 3.81. The Hall–Kier alpha value is -2.43. The van der Waals surface area contributed by atoms with Crippen LogP contribution in [-0.2, 0) is 0 Å². The average Bonchev–Trinajstić information content (AvgIpc) is 3.28. The van der Waals surface area contributed by atoms with Crippen molar-refractivity contribution < 1.29 is 9.18 Å². The lowest BCUT2D eigenvalue weighted by Crippen LogP contribution is -2.31. The summed E-state index contributed by atoms with van der Waals surface area (Å²) >= 11 is 0. The van der Waals surface area contributed by atoms with E-state index in [0.29, 0.717) is 18.4 Å². The van der Waals surface area contributed by atoms with Crippen LogP contribution in [0.15, 0.2) is 48.8 Å². The zero-order valence-corrected chi connectivity index (χ0v) is 11.4. The molecule has 1 fully saturated rings. The van der Waals surface area contributed by atoms with Gasteiger partial charge in [-0.1, -0.05) is 30.3 Å². The molecule has 1 saturated carbocycles. The number of hydrogen-bond acceptors (Lipinski definition) is 2. The van der Waals surface area contributed by atoms with Crippen LogP contribution in [0.3, 0.4) is 0 Å². The second-order valence-corrected chi connectivity index (χ2v) is 5.20. The maximum Gasteiger partial charge on any atom is 0.319 e. The molecule has 2 atom stereocenters. The molecule has 3 rings (SSSR count). The van der Waals surface area contributed by atoms with Gasteiger partial charge in [0, 0.05) is 12.7 Å². The van der Waals surface area contributed by atoms with Crippen LogP contribution in [0.1, 0.15) is 17.9 Å². The smallest absolute Gasteiger partial charge is 0.319 e. The number of aromatic nitrogens is 1. The van der Waals surface area contributed by atoms with E-state index in [1.807, 2.05) is 18.2 Å². The Bertz CT molecular complexity index is 632. The van der Waals surface area contributed by atoms with Crippen LogP contribution in [0.25, 0.3) is 0 Å². The van der Waals surface area contributed by atoms with Gasteiger partial charge in [-0.15, -0.1) is 0 Å². The van der Waals surface area contributed by atoms with E-state index in [1.54, 1.807) is 0 Å². The Morgan fingerprint density at radius 2 is 2.10 bits per heavy atom. The molecule has 1 aliphatic carbocycles. The standard InChI is InChI=1S/C16H16FN3O/c17-14-10-18-7-6-15(14)20-16(21)19-9-12-8-13(12)11-4-2-1-3-5-11/h1-7,10,12-13H,8-9H2,(H2,18,19,20,21). The highest BCUT2D eigenvalue weighted by Gasteiger charge is 2.37. The van der Waals surface area contributed by atoms with Gasteiger partial charge in [-0.2, -0.15) is 0 Å². The minimum absolute atomic E-state index is 0.137. The van der Waals surface area contributed by atoms with E-state index in [9.17, 15) is 9.18 Å². The number of amides is 2. The third-order valence-corrected chi connectivity index (χ3v) is 3.70. The van der Waals surface area contributed by atoms with Crippen LogP contribution in [-0.4, -0.2) is 17.6 Å². The molecule has 2 aromatic rings. The van der Waals surface area contributed by atoms with Crippen molar-refractivity contribution in [3.8, 4) is 0 Å². The SMILES string of the molecule is O=C(NCC1CC1c1ccccc1)Nc1ccncc1F. The summed E-state index contributed by atoms with van der Waals surface area (Å²) in [4.78, 5) is 15.4. The molecule has 0 saturated heterocycles. The van der Waals surface area contributed by atoms with Crippen LogP contribution in [0, 0.1) is 11.7 Å². The van der Waals surface area contributed by atoms with E-state index in [0.717, 1.165) is 12.6 Å². The van der Waals surface area contributed by atoms with Crippen molar-refractivity contribution in [2.45, 2.75) is 12.3 Å². The molecular formula is C16H16FN3O. The molecule has 2 unspecified atom stereocenters. The van der Waals surface area contributed by atoms with Gasteiger partial charge < -0.3 is 10.6 Å². The van der Waals surface area contributed by atoms with E-state index in [4.69, 9.17) is 0 Å². The lowest BCUT2D eigenvalue weighted by molar-refractivity contribution is 0.251. The number of carbonyl (C=O) groups is 1. The minimum Gasteiger partial charge on any atom is -0.338 e. The van der Waals surface area contributed by atoms with Gasteiger partial charge in [-0.25, -0.2) is 9.18 Å². The Labute approximate surface area is 122 Å². The van der Waals surface area contributed by atoms with Crippen LogP contribution in [0.4, 0.5) is 14.9 Å². The van der Waals surface area contributed by atoms with Crippen molar-refractivity contribution in [1.29, 1.82) is 0 Å². The number of hydrogen-bond donors (Lipinski definition) is 2. The lowest BCUT2D eigenvalue weighted by atomic mass is 10.1. The van der Waals surface area contributed by atoms with E-state index in [1.165, 1.54) is 17.8 Å². The fourth-order valence-electron chi connectivity index (χ4n) is 2.45. The first-order chi connectivity index (χ1) is 10.2. The Morgan fingerprint density at radius 3 is 2.86 bits per heavy atom. The average molecular weight is 285 g/mol. The first-order valence-electron chi connectivity index (χ1n) is 6.93. The maximum absolute atomic E-state index is 13.3. The van der Waals surface area contributed by atoms with E-state index >= 15 is 0 Å². The third-order valence-electron chi connectivity index (χ3n) is 3.70. The number of nitrogens with one attached hydrogen (secondary N) is 2. The molecule has 1 aliphatic rings. The number of anilines is 1. The van der Waals surface area contributed by atoms with Gasteiger partial charge in [0.05, 0.1) is 11.9 Å². The molecule has 0 spiro atoms. The fourth-order valence-corrected chi connectivity index (χ4v) is 2.45. The highest BCUT2D eigenvalue weighted by molar-refractivity contribution is 5.89. The number of urea groups is 1. The molecule has 2 amide bonds. The molecule has 21 heavy (non-hydrogen) atoms. The predicted octanol–water partition coefficient (Wildman–Crippen LogP) is 3.15. The van der Waals surface area contributed by atoms with Gasteiger partial charge in [0.1, 0.15) is 0 Å².